The molecule has 0 spiro atoms. The Bertz CT molecular complexity index is 490. The van der Waals surface area contributed by atoms with E-state index >= 15 is 0 Å². The molecule has 0 unspecified atom stereocenters. The normalized spacial score (nSPS) is 10.1. The summed E-state index contributed by atoms with van der Waals surface area (Å²) in [6.07, 6.45) is 0. The molecule has 0 amide bonds. The zero-order chi connectivity index (χ0) is 10.8. The zero-order valence-corrected chi connectivity index (χ0v) is 8.49. The summed E-state index contributed by atoms with van der Waals surface area (Å²) in [5, 5.41) is 10.9. The van der Waals surface area contributed by atoms with Crippen LogP contribution in [0.15, 0.2) is 29.6 Å². The van der Waals surface area contributed by atoms with Gasteiger partial charge < -0.3 is 10.8 Å². The standard InChI is InChI=1S/C10H8N2O2S/c11-7-3-1-6(2-4-7)9-12-8(5-15-9)10(13)14/h1-5H,11H2,(H,13,14). The number of carbonyl (C=O) groups is 1. The quantitative estimate of drug-likeness (QED) is 0.760. The van der Waals surface area contributed by atoms with Crippen molar-refractivity contribution in [1.82, 2.24) is 4.98 Å². The van der Waals surface area contributed by atoms with Gasteiger partial charge in [-0.25, -0.2) is 9.78 Å². The van der Waals surface area contributed by atoms with E-state index in [0.717, 1.165) is 5.56 Å². The van der Waals surface area contributed by atoms with E-state index in [1.165, 1.54) is 16.7 Å². The zero-order valence-electron chi connectivity index (χ0n) is 7.68. The van der Waals surface area contributed by atoms with E-state index < -0.39 is 5.97 Å². The number of nitrogens with two attached hydrogens (primary N) is 1. The van der Waals surface area contributed by atoms with Gasteiger partial charge >= 0.3 is 5.97 Å². The second-order valence-electron chi connectivity index (χ2n) is 2.97. The van der Waals surface area contributed by atoms with E-state index in [0.29, 0.717) is 10.7 Å². The minimum Gasteiger partial charge on any atom is -0.476 e. The Morgan fingerprint density at radius 1 is 1.33 bits per heavy atom. The highest BCUT2D eigenvalue weighted by Gasteiger charge is 2.09. The molecule has 76 valence electrons. The van der Waals surface area contributed by atoms with Crippen molar-refractivity contribution in [3.05, 3.63) is 35.3 Å². The molecule has 0 radical (unpaired) electrons. The van der Waals surface area contributed by atoms with Gasteiger partial charge in [0.1, 0.15) is 5.01 Å². The fourth-order valence-corrected chi connectivity index (χ4v) is 1.93. The number of nitrogen functional groups attached to an aromatic ring is 1. The Labute approximate surface area is 90.0 Å². The fourth-order valence-electron chi connectivity index (χ4n) is 1.13. The molecule has 1 aromatic heterocycles. The van der Waals surface area contributed by atoms with E-state index in [1.54, 1.807) is 12.1 Å². The van der Waals surface area contributed by atoms with Crippen molar-refractivity contribution in [1.29, 1.82) is 0 Å². The maximum absolute atomic E-state index is 10.6. The van der Waals surface area contributed by atoms with Crippen LogP contribution in [-0.2, 0) is 0 Å². The lowest BCUT2D eigenvalue weighted by Gasteiger charge is -1.96. The molecule has 1 aromatic carbocycles. The van der Waals surface area contributed by atoms with E-state index in [1.807, 2.05) is 12.1 Å². The van der Waals surface area contributed by atoms with E-state index in [9.17, 15) is 4.79 Å². The topological polar surface area (TPSA) is 76.2 Å². The maximum Gasteiger partial charge on any atom is 0.355 e. The van der Waals surface area contributed by atoms with Crippen LogP contribution < -0.4 is 5.73 Å². The van der Waals surface area contributed by atoms with Crippen LogP contribution in [-0.4, -0.2) is 16.1 Å². The van der Waals surface area contributed by atoms with Crippen LogP contribution in [0.3, 0.4) is 0 Å². The number of aromatic carboxylic acids is 1. The van der Waals surface area contributed by atoms with Gasteiger partial charge in [0.2, 0.25) is 0 Å². The second kappa shape index (κ2) is 3.70. The molecule has 0 atom stereocenters. The molecule has 0 saturated heterocycles. The average Bonchev–Trinajstić information content (AvgIpc) is 2.68. The first-order chi connectivity index (χ1) is 7.16. The summed E-state index contributed by atoms with van der Waals surface area (Å²) >= 11 is 1.30. The van der Waals surface area contributed by atoms with Crippen LogP contribution in [0.5, 0.6) is 0 Å². The van der Waals surface area contributed by atoms with Crippen molar-refractivity contribution >= 4 is 23.0 Å². The Kier molecular flexibility index (Phi) is 2.39. The van der Waals surface area contributed by atoms with Gasteiger partial charge in [-0.3, -0.25) is 0 Å². The average molecular weight is 220 g/mol. The first-order valence-corrected chi connectivity index (χ1v) is 5.09. The van der Waals surface area contributed by atoms with Crippen molar-refractivity contribution in [3.8, 4) is 10.6 Å². The first-order valence-electron chi connectivity index (χ1n) is 4.21. The number of carboxylic acids is 1. The van der Waals surface area contributed by atoms with Gasteiger partial charge in [0.05, 0.1) is 0 Å². The van der Waals surface area contributed by atoms with E-state index in [-0.39, 0.29) is 5.69 Å². The van der Waals surface area contributed by atoms with Gasteiger partial charge in [-0.1, -0.05) is 0 Å². The molecule has 4 nitrogen and oxygen atoms in total. The largest absolute Gasteiger partial charge is 0.476 e. The van der Waals surface area contributed by atoms with Crippen LogP contribution >= 0.6 is 11.3 Å². The van der Waals surface area contributed by atoms with Gasteiger partial charge in [0.25, 0.3) is 0 Å². The maximum atomic E-state index is 10.6. The number of benzene rings is 1. The fraction of sp³-hybridized carbons (Fsp3) is 0. The number of aromatic nitrogens is 1. The van der Waals surface area contributed by atoms with Gasteiger partial charge in [0.15, 0.2) is 5.69 Å². The highest BCUT2D eigenvalue weighted by atomic mass is 32.1. The number of hydrogen-bond donors (Lipinski definition) is 2. The lowest BCUT2D eigenvalue weighted by atomic mass is 10.2. The highest BCUT2D eigenvalue weighted by Crippen LogP contribution is 2.24. The van der Waals surface area contributed by atoms with Gasteiger partial charge in [0, 0.05) is 16.6 Å². The molecule has 0 bridgehead atoms. The first kappa shape index (κ1) is 9.67. The second-order valence-corrected chi connectivity index (χ2v) is 3.82. The predicted octanol–water partition coefficient (Wildman–Crippen LogP) is 2.09. The van der Waals surface area contributed by atoms with Crippen LogP contribution in [0.1, 0.15) is 10.5 Å². The third-order valence-electron chi connectivity index (χ3n) is 1.88. The van der Waals surface area contributed by atoms with Gasteiger partial charge in [-0.2, -0.15) is 0 Å². The van der Waals surface area contributed by atoms with Crippen LogP contribution in [0, 0.1) is 0 Å². The van der Waals surface area contributed by atoms with Gasteiger partial charge in [-0.05, 0) is 24.3 Å². The minimum atomic E-state index is -1.01. The number of carboxylic acid groups (broad SMARTS) is 1. The minimum absolute atomic E-state index is 0.0758. The predicted molar refractivity (Wildman–Crippen MR) is 58.9 cm³/mol. The van der Waals surface area contributed by atoms with Crippen molar-refractivity contribution < 1.29 is 9.90 Å². The summed E-state index contributed by atoms with van der Waals surface area (Å²) in [4.78, 5) is 14.6. The monoisotopic (exact) mass is 220 g/mol. The lowest BCUT2D eigenvalue weighted by molar-refractivity contribution is 0.0691. The number of anilines is 1. The number of nitrogens with zero attached hydrogens (tertiary/aromatic N) is 1. The number of rotatable bonds is 2. The SMILES string of the molecule is Nc1ccc(-c2nc(C(=O)O)cs2)cc1. The molecule has 0 aliphatic rings. The van der Waals surface area contributed by atoms with Crippen molar-refractivity contribution in [3.63, 3.8) is 0 Å². The summed E-state index contributed by atoms with van der Waals surface area (Å²) in [7, 11) is 0. The van der Waals surface area contributed by atoms with Crippen molar-refractivity contribution in [2.45, 2.75) is 0 Å². The Morgan fingerprint density at radius 3 is 2.53 bits per heavy atom. The van der Waals surface area contributed by atoms with Crippen molar-refractivity contribution in [2.75, 3.05) is 5.73 Å². The summed E-state index contributed by atoms with van der Waals surface area (Å²) < 4.78 is 0. The summed E-state index contributed by atoms with van der Waals surface area (Å²) in [6, 6.07) is 7.16. The van der Waals surface area contributed by atoms with Crippen LogP contribution in [0.2, 0.25) is 0 Å². The Balaban J connectivity index is 2.37. The molecule has 3 N–H and O–H groups in total. The molecule has 2 aromatic rings. The molecule has 0 saturated carbocycles. The molecule has 5 heteroatoms. The Morgan fingerprint density at radius 2 is 2.00 bits per heavy atom. The summed E-state index contributed by atoms with van der Waals surface area (Å²) in [5.74, 6) is -1.01. The summed E-state index contributed by atoms with van der Waals surface area (Å²) in [5.41, 5.74) is 7.17. The molecule has 0 fully saturated rings. The van der Waals surface area contributed by atoms with Crippen LogP contribution in [0.25, 0.3) is 10.6 Å². The molecule has 0 aliphatic heterocycles. The van der Waals surface area contributed by atoms with E-state index in [4.69, 9.17) is 10.8 Å². The molecular formula is C10H8N2O2S. The van der Waals surface area contributed by atoms with Gasteiger partial charge in [-0.15, -0.1) is 11.3 Å². The smallest absolute Gasteiger partial charge is 0.355 e. The molecular weight excluding hydrogens is 212 g/mol. The molecule has 2 rings (SSSR count). The molecule has 1 heterocycles. The highest BCUT2D eigenvalue weighted by molar-refractivity contribution is 7.13. The van der Waals surface area contributed by atoms with Crippen molar-refractivity contribution in [2.24, 2.45) is 0 Å². The summed E-state index contributed by atoms with van der Waals surface area (Å²) in [6.45, 7) is 0. The lowest BCUT2D eigenvalue weighted by Crippen LogP contribution is -1.95. The third-order valence-corrected chi connectivity index (χ3v) is 2.77. The Hall–Kier alpha value is -1.88. The van der Waals surface area contributed by atoms with E-state index in [2.05, 4.69) is 4.98 Å². The van der Waals surface area contributed by atoms with Crippen LogP contribution in [0.4, 0.5) is 5.69 Å². The number of hydrogen-bond acceptors (Lipinski definition) is 4. The number of thiazole rings is 1. The molecule has 0 aliphatic carbocycles. The molecule has 15 heavy (non-hydrogen) atoms. The third kappa shape index (κ3) is 1.97.